The third-order valence-corrected chi connectivity index (χ3v) is 5.61. The Labute approximate surface area is 123 Å². The molecule has 2 rings (SSSR count). The molecular formula is C14H23BrN2S. The van der Waals surface area contributed by atoms with Gasteiger partial charge in [0.2, 0.25) is 0 Å². The second-order valence-electron chi connectivity index (χ2n) is 5.28. The molecule has 0 bridgehead atoms. The van der Waals surface area contributed by atoms with E-state index in [1.165, 1.54) is 48.2 Å². The Morgan fingerprint density at radius 1 is 1.33 bits per heavy atom. The smallest absolute Gasteiger partial charge is 0.0400 e. The Morgan fingerprint density at radius 2 is 2.06 bits per heavy atom. The molecule has 2 atom stereocenters. The highest BCUT2D eigenvalue weighted by Crippen LogP contribution is 2.29. The molecule has 0 radical (unpaired) electrons. The van der Waals surface area contributed by atoms with Crippen LogP contribution in [0.15, 0.2) is 15.9 Å². The van der Waals surface area contributed by atoms with Gasteiger partial charge in [-0.25, -0.2) is 0 Å². The van der Waals surface area contributed by atoms with Gasteiger partial charge in [-0.1, -0.05) is 6.42 Å². The average Bonchev–Trinajstić information content (AvgIpc) is 2.76. The number of thiophene rings is 1. The Balaban J connectivity index is 1.79. The van der Waals surface area contributed by atoms with E-state index in [2.05, 4.69) is 51.4 Å². The zero-order chi connectivity index (χ0) is 13.0. The summed E-state index contributed by atoms with van der Waals surface area (Å²) in [6.07, 6.45) is 4.16. The Bertz CT molecular complexity index is 360. The standard InChI is InChI=1S/C14H23BrN2S/c1-11(10-17-7-4-3-5-8-17)16-12(2)14-13(15)6-9-18-14/h6,9,11-12,16H,3-5,7-8,10H2,1-2H3. The van der Waals surface area contributed by atoms with E-state index in [0.29, 0.717) is 12.1 Å². The number of likely N-dealkylation sites (tertiary alicyclic amines) is 1. The van der Waals surface area contributed by atoms with Crippen molar-refractivity contribution in [1.82, 2.24) is 10.2 Å². The molecule has 2 unspecified atom stereocenters. The maximum atomic E-state index is 3.71. The lowest BCUT2D eigenvalue weighted by Gasteiger charge is -2.30. The molecule has 1 aliphatic heterocycles. The van der Waals surface area contributed by atoms with Crippen molar-refractivity contribution in [3.8, 4) is 0 Å². The van der Waals surface area contributed by atoms with Crippen molar-refractivity contribution in [3.05, 3.63) is 20.8 Å². The first-order valence-corrected chi connectivity index (χ1v) is 8.55. The highest BCUT2D eigenvalue weighted by molar-refractivity contribution is 9.10. The van der Waals surface area contributed by atoms with Gasteiger partial charge in [0.25, 0.3) is 0 Å². The van der Waals surface area contributed by atoms with Crippen LogP contribution in [0, 0.1) is 0 Å². The van der Waals surface area contributed by atoms with E-state index < -0.39 is 0 Å². The molecule has 1 saturated heterocycles. The van der Waals surface area contributed by atoms with Gasteiger partial charge in [0.05, 0.1) is 0 Å². The predicted molar refractivity (Wildman–Crippen MR) is 83.3 cm³/mol. The van der Waals surface area contributed by atoms with Crippen LogP contribution in [0.3, 0.4) is 0 Å². The maximum absolute atomic E-state index is 3.71. The van der Waals surface area contributed by atoms with Crippen molar-refractivity contribution in [2.24, 2.45) is 0 Å². The average molecular weight is 331 g/mol. The van der Waals surface area contributed by atoms with Gasteiger partial charge in [-0.2, -0.15) is 0 Å². The van der Waals surface area contributed by atoms with E-state index in [4.69, 9.17) is 0 Å². The molecule has 1 aromatic heterocycles. The highest BCUT2D eigenvalue weighted by atomic mass is 79.9. The largest absolute Gasteiger partial charge is 0.306 e. The molecular weight excluding hydrogens is 308 g/mol. The monoisotopic (exact) mass is 330 g/mol. The molecule has 102 valence electrons. The molecule has 1 aliphatic rings. The number of hydrogen-bond donors (Lipinski definition) is 1. The van der Waals surface area contributed by atoms with Crippen LogP contribution in [0.25, 0.3) is 0 Å². The minimum atomic E-state index is 0.430. The van der Waals surface area contributed by atoms with Gasteiger partial charge in [0.15, 0.2) is 0 Å². The van der Waals surface area contributed by atoms with Crippen molar-refractivity contribution in [2.75, 3.05) is 19.6 Å². The van der Waals surface area contributed by atoms with E-state index in [1.54, 1.807) is 0 Å². The van der Waals surface area contributed by atoms with E-state index in [9.17, 15) is 0 Å². The van der Waals surface area contributed by atoms with Gasteiger partial charge in [-0.05, 0) is 67.2 Å². The molecule has 1 fully saturated rings. The molecule has 0 saturated carbocycles. The Kier molecular flexibility index (Phi) is 5.67. The molecule has 0 aliphatic carbocycles. The Hall–Kier alpha value is 0.100. The zero-order valence-corrected chi connectivity index (χ0v) is 13.7. The van der Waals surface area contributed by atoms with Gasteiger partial charge < -0.3 is 10.2 Å². The van der Waals surface area contributed by atoms with E-state index in [0.717, 1.165) is 0 Å². The maximum Gasteiger partial charge on any atom is 0.0400 e. The lowest BCUT2D eigenvalue weighted by atomic mass is 10.1. The van der Waals surface area contributed by atoms with Crippen LogP contribution in [0.4, 0.5) is 0 Å². The summed E-state index contributed by atoms with van der Waals surface area (Å²) in [6, 6.07) is 3.11. The Morgan fingerprint density at radius 3 is 2.67 bits per heavy atom. The summed E-state index contributed by atoms with van der Waals surface area (Å²) < 4.78 is 1.23. The van der Waals surface area contributed by atoms with Crippen LogP contribution >= 0.6 is 27.3 Å². The molecule has 0 aromatic carbocycles. The summed E-state index contributed by atoms with van der Waals surface area (Å²) in [5.74, 6) is 0. The summed E-state index contributed by atoms with van der Waals surface area (Å²) in [6.45, 7) is 8.29. The molecule has 2 nitrogen and oxygen atoms in total. The van der Waals surface area contributed by atoms with Gasteiger partial charge in [-0.15, -0.1) is 11.3 Å². The molecule has 1 N–H and O–H groups in total. The van der Waals surface area contributed by atoms with Crippen molar-refractivity contribution in [1.29, 1.82) is 0 Å². The third kappa shape index (κ3) is 4.05. The lowest BCUT2D eigenvalue weighted by molar-refractivity contribution is 0.205. The van der Waals surface area contributed by atoms with Crippen LogP contribution in [0.2, 0.25) is 0 Å². The fourth-order valence-electron chi connectivity index (χ4n) is 2.70. The topological polar surface area (TPSA) is 15.3 Å². The molecule has 2 heterocycles. The first kappa shape index (κ1) is 14.5. The zero-order valence-electron chi connectivity index (χ0n) is 11.3. The first-order chi connectivity index (χ1) is 8.66. The van der Waals surface area contributed by atoms with Crippen molar-refractivity contribution in [3.63, 3.8) is 0 Å². The molecule has 0 amide bonds. The highest BCUT2D eigenvalue weighted by Gasteiger charge is 2.17. The predicted octanol–water partition coefficient (Wildman–Crippen LogP) is 4.04. The summed E-state index contributed by atoms with van der Waals surface area (Å²) >= 11 is 5.44. The van der Waals surface area contributed by atoms with Gasteiger partial charge in [-0.3, -0.25) is 0 Å². The first-order valence-electron chi connectivity index (χ1n) is 6.88. The molecule has 4 heteroatoms. The van der Waals surface area contributed by atoms with E-state index in [1.807, 2.05) is 11.3 Å². The summed E-state index contributed by atoms with van der Waals surface area (Å²) in [7, 11) is 0. The molecule has 1 aromatic rings. The molecule has 0 spiro atoms. The van der Waals surface area contributed by atoms with Gasteiger partial charge in [0, 0.05) is 28.0 Å². The fourth-order valence-corrected chi connectivity index (χ4v) is 4.43. The number of hydrogen-bond acceptors (Lipinski definition) is 3. The minimum absolute atomic E-state index is 0.430. The van der Waals surface area contributed by atoms with Crippen molar-refractivity contribution in [2.45, 2.75) is 45.2 Å². The van der Waals surface area contributed by atoms with Crippen LogP contribution in [0.1, 0.15) is 44.0 Å². The summed E-state index contributed by atoms with van der Waals surface area (Å²) in [5.41, 5.74) is 0. The fraction of sp³-hybridized carbons (Fsp3) is 0.714. The molecule has 18 heavy (non-hydrogen) atoms. The summed E-state index contributed by atoms with van der Waals surface area (Å²) in [4.78, 5) is 4.00. The quantitative estimate of drug-likeness (QED) is 0.876. The number of nitrogens with zero attached hydrogens (tertiary/aromatic N) is 1. The number of nitrogens with one attached hydrogen (secondary N) is 1. The number of halogens is 1. The van der Waals surface area contributed by atoms with Crippen LogP contribution in [-0.4, -0.2) is 30.6 Å². The van der Waals surface area contributed by atoms with Crippen molar-refractivity contribution >= 4 is 27.3 Å². The third-order valence-electron chi connectivity index (χ3n) is 3.55. The summed E-state index contributed by atoms with van der Waals surface area (Å²) in [5, 5.41) is 5.85. The van der Waals surface area contributed by atoms with E-state index in [-0.39, 0.29) is 0 Å². The second kappa shape index (κ2) is 7.04. The lowest BCUT2D eigenvalue weighted by Crippen LogP contribution is -2.42. The second-order valence-corrected chi connectivity index (χ2v) is 7.09. The van der Waals surface area contributed by atoms with Crippen LogP contribution < -0.4 is 5.32 Å². The van der Waals surface area contributed by atoms with Gasteiger partial charge in [0.1, 0.15) is 0 Å². The normalized spacial score (nSPS) is 20.8. The van der Waals surface area contributed by atoms with E-state index >= 15 is 0 Å². The minimum Gasteiger partial charge on any atom is -0.306 e. The van der Waals surface area contributed by atoms with Gasteiger partial charge >= 0.3 is 0 Å². The number of rotatable bonds is 5. The van der Waals surface area contributed by atoms with Crippen LogP contribution in [0.5, 0.6) is 0 Å². The SMILES string of the molecule is CC(CN1CCCCC1)NC(C)c1sccc1Br. The number of piperidine rings is 1. The van der Waals surface area contributed by atoms with Crippen LogP contribution in [-0.2, 0) is 0 Å². The van der Waals surface area contributed by atoms with Crippen molar-refractivity contribution < 1.29 is 0 Å².